The van der Waals surface area contributed by atoms with E-state index < -0.39 is 17.3 Å². The molecule has 0 amide bonds. The number of phenolic OH excluding ortho intramolecular Hbond substituents is 1. The summed E-state index contributed by atoms with van der Waals surface area (Å²) in [7, 11) is 2.86. The van der Waals surface area contributed by atoms with Crippen LogP contribution in [0.2, 0.25) is 0 Å². The maximum atomic E-state index is 13.5. The minimum Gasteiger partial charge on any atom is -0.507 e. The predicted molar refractivity (Wildman–Crippen MR) is 139 cm³/mol. The zero-order chi connectivity index (χ0) is 26.8. The van der Waals surface area contributed by atoms with E-state index in [0.717, 1.165) is 0 Å². The molecule has 1 aliphatic heterocycles. The third kappa shape index (κ3) is 2.41. The van der Waals surface area contributed by atoms with Crippen LogP contribution in [-0.4, -0.2) is 37.7 Å². The normalized spacial score (nSPS) is 17.8. The van der Waals surface area contributed by atoms with Gasteiger partial charge >= 0.3 is 0 Å². The molecular formula is C29H20O9. The molecule has 0 spiro atoms. The van der Waals surface area contributed by atoms with Crippen LogP contribution in [0.5, 0.6) is 28.7 Å². The number of carbonyl (C=O) groups excluding carboxylic acids is 2. The summed E-state index contributed by atoms with van der Waals surface area (Å²) in [6.45, 7) is 2.59. The van der Waals surface area contributed by atoms with Crippen molar-refractivity contribution in [3.05, 3.63) is 49.8 Å². The van der Waals surface area contributed by atoms with E-state index in [9.17, 15) is 24.3 Å². The summed E-state index contributed by atoms with van der Waals surface area (Å²) in [4.78, 5) is 53.5. The van der Waals surface area contributed by atoms with Crippen LogP contribution in [0.4, 0.5) is 0 Å². The van der Waals surface area contributed by atoms with E-state index in [1.54, 1.807) is 0 Å². The molecule has 9 nitrogen and oxygen atoms in total. The van der Waals surface area contributed by atoms with E-state index in [-0.39, 0.29) is 63.3 Å². The highest BCUT2D eigenvalue weighted by Gasteiger charge is 2.45. The fraction of sp³-hybridized carbons (Fsp3) is 0.241. The highest BCUT2D eigenvalue weighted by molar-refractivity contribution is 6.39. The summed E-state index contributed by atoms with van der Waals surface area (Å²) in [6.07, 6.45) is 0. The van der Waals surface area contributed by atoms with Gasteiger partial charge in [0.2, 0.25) is 6.79 Å². The lowest BCUT2D eigenvalue weighted by Crippen LogP contribution is -2.28. The molecule has 2 atom stereocenters. The first kappa shape index (κ1) is 22.5. The fourth-order valence-corrected chi connectivity index (χ4v) is 6.72. The highest BCUT2D eigenvalue weighted by atomic mass is 16.7. The number of rotatable bonds is 4. The predicted octanol–water partition coefficient (Wildman–Crippen LogP) is 3.71. The molecule has 7 rings (SSSR count). The van der Waals surface area contributed by atoms with Crippen LogP contribution < -0.4 is 29.8 Å². The van der Waals surface area contributed by atoms with Crippen molar-refractivity contribution >= 4 is 54.7 Å². The van der Waals surface area contributed by atoms with E-state index in [1.807, 2.05) is 0 Å². The van der Waals surface area contributed by atoms with Crippen molar-refractivity contribution in [2.45, 2.75) is 25.7 Å². The van der Waals surface area contributed by atoms with Crippen LogP contribution >= 0.6 is 0 Å². The Hall–Kier alpha value is -4.66. The summed E-state index contributed by atoms with van der Waals surface area (Å²) in [5, 5.41) is 14.0. The van der Waals surface area contributed by atoms with Gasteiger partial charge in [-0.15, -0.1) is 0 Å². The van der Waals surface area contributed by atoms with E-state index in [4.69, 9.17) is 18.9 Å². The van der Waals surface area contributed by atoms with Crippen molar-refractivity contribution in [2.75, 3.05) is 21.0 Å². The van der Waals surface area contributed by atoms with Gasteiger partial charge in [0.1, 0.15) is 28.8 Å². The number of ketones is 2. The molecule has 1 heterocycles. The lowest BCUT2D eigenvalue weighted by molar-refractivity contribution is -0.125. The number of methoxy groups -OCH3 is 2. The Labute approximate surface area is 213 Å². The van der Waals surface area contributed by atoms with Gasteiger partial charge < -0.3 is 24.1 Å². The summed E-state index contributed by atoms with van der Waals surface area (Å²) < 4.78 is 23.0. The maximum absolute atomic E-state index is 13.5. The molecule has 1 N–H and O–H groups in total. The third-order valence-corrected chi connectivity index (χ3v) is 8.00. The fourth-order valence-electron chi connectivity index (χ4n) is 6.72. The Morgan fingerprint density at radius 1 is 0.737 bits per heavy atom. The molecule has 5 aromatic rings. The minimum atomic E-state index is -0.988. The number of benzene rings is 5. The molecule has 0 saturated heterocycles. The number of ether oxygens (including phenoxy) is 4. The highest BCUT2D eigenvalue weighted by Crippen LogP contribution is 2.60. The molecule has 0 bridgehead atoms. The lowest BCUT2D eigenvalue weighted by Gasteiger charge is -2.33. The molecule has 9 heteroatoms. The van der Waals surface area contributed by atoms with Gasteiger partial charge in [0, 0.05) is 39.2 Å². The lowest BCUT2D eigenvalue weighted by atomic mass is 9.67. The molecule has 0 unspecified atom stereocenters. The number of hydrogen-bond donors (Lipinski definition) is 1. The summed E-state index contributed by atoms with van der Waals surface area (Å²) in [6, 6.07) is 4.00. The Balaban J connectivity index is 1.98. The quantitative estimate of drug-likeness (QED) is 0.283. The van der Waals surface area contributed by atoms with Crippen molar-refractivity contribution in [3.8, 4) is 28.7 Å². The Kier molecular flexibility index (Phi) is 4.28. The van der Waals surface area contributed by atoms with Gasteiger partial charge in [-0.2, -0.15) is 0 Å². The average Bonchev–Trinajstić information content (AvgIpc) is 3.36. The van der Waals surface area contributed by atoms with Crippen molar-refractivity contribution in [1.82, 2.24) is 0 Å². The number of phenols is 1. The second-order valence-corrected chi connectivity index (χ2v) is 9.79. The molecule has 5 aromatic carbocycles. The first-order valence-electron chi connectivity index (χ1n) is 12.0. The van der Waals surface area contributed by atoms with Crippen LogP contribution in [0.25, 0.3) is 43.1 Å². The molecule has 0 fully saturated rings. The van der Waals surface area contributed by atoms with Crippen molar-refractivity contribution in [3.63, 3.8) is 0 Å². The number of aromatic hydroxyl groups is 1. The Morgan fingerprint density at radius 2 is 1.32 bits per heavy atom. The van der Waals surface area contributed by atoms with Crippen LogP contribution in [0, 0.1) is 0 Å². The largest absolute Gasteiger partial charge is 0.507 e. The van der Waals surface area contributed by atoms with E-state index in [1.165, 1.54) is 46.3 Å². The van der Waals surface area contributed by atoms with E-state index in [2.05, 4.69) is 0 Å². The van der Waals surface area contributed by atoms with Gasteiger partial charge in [0.05, 0.1) is 36.8 Å². The second-order valence-electron chi connectivity index (χ2n) is 9.79. The summed E-state index contributed by atoms with van der Waals surface area (Å²) in [5.41, 5.74) is -0.0978. The molecule has 190 valence electrons. The van der Waals surface area contributed by atoms with Crippen LogP contribution in [0.15, 0.2) is 27.8 Å². The van der Waals surface area contributed by atoms with Gasteiger partial charge in [0.25, 0.3) is 0 Å². The molecular weight excluding hydrogens is 492 g/mol. The van der Waals surface area contributed by atoms with Crippen LogP contribution in [0.3, 0.4) is 0 Å². The molecule has 0 aromatic heterocycles. The Bertz CT molecular complexity index is 2040. The maximum Gasteiger partial charge on any atom is 0.231 e. The second kappa shape index (κ2) is 7.22. The van der Waals surface area contributed by atoms with Crippen molar-refractivity contribution in [2.24, 2.45) is 0 Å². The summed E-state index contributed by atoms with van der Waals surface area (Å²) >= 11 is 0. The van der Waals surface area contributed by atoms with E-state index >= 15 is 0 Å². The molecule has 38 heavy (non-hydrogen) atoms. The molecule has 1 aliphatic carbocycles. The molecule has 2 aliphatic rings. The average molecular weight is 512 g/mol. The number of hydrogen-bond acceptors (Lipinski definition) is 9. The number of carbonyl (C=O) groups is 2. The van der Waals surface area contributed by atoms with Gasteiger partial charge in [-0.3, -0.25) is 19.2 Å². The first-order valence-corrected chi connectivity index (χ1v) is 12.0. The molecule has 0 saturated carbocycles. The molecule has 0 radical (unpaired) electrons. The topological polar surface area (TPSA) is 125 Å². The van der Waals surface area contributed by atoms with E-state index in [0.29, 0.717) is 43.4 Å². The van der Waals surface area contributed by atoms with Crippen LogP contribution in [0.1, 0.15) is 36.8 Å². The zero-order valence-corrected chi connectivity index (χ0v) is 20.8. The Morgan fingerprint density at radius 3 is 1.95 bits per heavy atom. The van der Waals surface area contributed by atoms with Crippen LogP contribution in [-0.2, 0) is 9.59 Å². The standard InChI is InChI=1S/C29H20O9/c1-9(30)17-11-5-12(32)20-13(33)6-15(35-3)22-23-16(36-4)7-14(34)21-26(23)25(19(11)24(20)22)27(18(17)10(2)31)29-28(21)37-8-38-29/h5-7,17-18,33H,8H2,1-4H3/t17-,18+/m1/s1. The summed E-state index contributed by atoms with van der Waals surface area (Å²) in [5.74, 6) is -1.97. The van der Waals surface area contributed by atoms with Crippen molar-refractivity contribution in [1.29, 1.82) is 0 Å². The van der Waals surface area contributed by atoms with Gasteiger partial charge in [-0.05, 0) is 36.2 Å². The van der Waals surface area contributed by atoms with Gasteiger partial charge in [-0.1, -0.05) is 0 Å². The minimum absolute atomic E-state index is 0.0406. The number of fused-ring (bicyclic) bond motifs is 4. The van der Waals surface area contributed by atoms with Crippen molar-refractivity contribution < 1.29 is 33.6 Å². The van der Waals surface area contributed by atoms with Gasteiger partial charge in [0.15, 0.2) is 22.4 Å². The first-order chi connectivity index (χ1) is 18.2. The third-order valence-electron chi connectivity index (χ3n) is 8.00. The van der Waals surface area contributed by atoms with Gasteiger partial charge in [-0.25, -0.2) is 0 Å². The monoisotopic (exact) mass is 512 g/mol. The number of Topliss-reactive ketones (excluding diaryl/α,β-unsaturated/α-hetero) is 2. The zero-order valence-electron chi connectivity index (χ0n) is 20.8. The SMILES string of the molecule is COc1cc(O)c2c(=O)cc3c4c5c(c6c(c7c(=O)cc(OC)c(c1c24)c75)OCO6)[C@@H](C(C)=O)[C@@H]3C(C)=O. The smallest absolute Gasteiger partial charge is 0.231 e.